The number of primary amides is 1. The van der Waals surface area contributed by atoms with E-state index in [0.717, 1.165) is 7.11 Å². The van der Waals surface area contributed by atoms with Crippen LogP contribution in [0.1, 0.15) is 25.1 Å². The second-order valence-electron chi connectivity index (χ2n) is 3.16. The Kier molecular flexibility index (Phi) is 11.8. The van der Waals surface area contributed by atoms with Crippen LogP contribution in [0.4, 0.5) is 5.69 Å². The molecule has 0 aliphatic heterocycles. The number of hydrogen-bond donors (Lipinski definition) is 4. The fraction of sp³-hybridized carbons (Fsp3) is 0.385. The molecule has 112 valence electrons. The molecule has 7 heteroatoms. The van der Waals surface area contributed by atoms with Crippen LogP contribution in [0.2, 0.25) is 0 Å². The normalized spacial score (nSPS) is 8.25. The molecular formula is C13H22N4O3. The van der Waals surface area contributed by atoms with Gasteiger partial charge in [0.25, 0.3) is 5.91 Å². The summed E-state index contributed by atoms with van der Waals surface area (Å²) in [5.41, 5.74) is 6.19. The lowest BCUT2D eigenvalue weighted by Crippen LogP contribution is -2.24. The van der Waals surface area contributed by atoms with Crippen LogP contribution in [0, 0.1) is 12.3 Å². The monoisotopic (exact) mass is 282 g/mol. The molecule has 0 bridgehead atoms. The van der Waals surface area contributed by atoms with Gasteiger partial charge in [-0.3, -0.25) is 15.2 Å². The number of hydrogen-bond acceptors (Lipinski definition) is 6. The minimum absolute atomic E-state index is 0.0871. The Morgan fingerprint density at radius 3 is 2.50 bits per heavy atom. The maximum atomic E-state index is 10.9. The molecule has 20 heavy (non-hydrogen) atoms. The van der Waals surface area contributed by atoms with Crippen molar-refractivity contribution in [3.05, 3.63) is 23.5 Å². The van der Waals surface area contributed by atoms with Crippen molar-refractivity contribution in [2.24, 2.45) is 5.73 Å². The molecule has 1 heterocycles. The van der Waals surface area contributed by atoms with E-state index in [4.69, 9.17) is 16.2 Å². The van der Waals surface area contributed by atoms with Crippen LogP contribution in [-0.2, 0) is 9.59 Å². The number of aryl methyl sites for hydroxylation is 1. The molecule has 0 spiro atoms. The van der Waals surface area contributed by atoms with Crippen molar-refractivity contribution in [3.63, 3.8) is 0 Å². The highest BCUT2D eigenvalue weighted by molar-refractivity contribution is 6.44. The van der Waals surface area contributed by atoms with Gasteiger partial charge in [-0.1, -0.05) is 13.8 Å². The first-order chi connectivity index (χ1) is 9.56. The van der Waals surface area contributed by atoms with Crippen LogP contribution < -0.4 is 11.1 Å². The van der Waals surface area contributed by atoms with Crippen LogP contribution >= 0.6 is 0 Å². The fourth-order valence-corrected chi connectivity index (χ4v) is 1.19. The van der Waals surface area contributed by atoms with E-state index in [1.54, 1.807) is 13.0 Å². The molecular weight excluding hydrogens is 260 g/mol. The zero-order valence-electron chi connectivity index (χ0n) is 12.2. The summed E-state index contributed by atoms with van der Waals surface area (Å²) in [5, 5.41) is 17.3. The summed E-state index contributed by atoms with van der Waals surface area (Å²) in [6, 6.07) is 1.57. The number of aromatic nitrogens is 1. The third-order valence-corrected chi connectivity index (χ3v) is 1.93. The van der Waals surface area contributed by atoms with E-state index in [1.165, 1.54) is 6.20 Å². The van der Waals surface area contributed by atoms with Gasteiger partial charge >= 0.3 is 0 Å². The number of carbonyl (C=O) groups is 2. The Morgan fingerprint density at radius 2 is 2.05 bits per heavy atom. The van der Waals surface area contributed by atoms with Gasteiger partial charge in [-0.25, -0.2) is 0 Å². The average molecular weight is 282 g/mol. The third-order valence-electron chi connectivity index (χ3n) is 1.93. The second kappa shape index (κ2) is 11.8. The average Bonchev–Trinajstić information content (AvgIpc) is 2.49. The van der Waals surface area contributed by atoms with Crippen molar-refractivity contribution < 1.29 is 14.7 Å². The molecule has 7 nitrogen and oxygen atoms in total. The summed E-state index contributed by atoms with van der Waals surface area (Å²) < 4.78 is 0. The van der Waals surface area contributed by atoms with E-state index in [9.17, 15) is 9.59 Å². The number of amides is 1. The minimum Gasteiger partial charge on any atom is -0.400 e. The van der Waals surface area contributed by atoms with E-state index in [2.05, 4.69) is 10.3 Å². The van der Waals surface area contributed by atoms with Crippen LogP contribution in [-0.4, -0.2) is 41.7 Å². The molecule has 0 aliphatic carbocycles. The molecule has 1 amide bonds. The predicted octanol–water partition coefficient (Wildman–Crippen LogP) is 0.489. The largest absolute Gasteiger partial charge is 0.400 e. The smallest absolute Gasteiger partial charge is 0.267 e. The van der Waals surface area contributed by atoms with Gasteiger partial charge in [0.05, 0.1) is 18.4 Å². The van der Waals surface area contributed by atoms with Gasteiger partial charge < -0.3 is 21.0 Å². The zero-order valence-corrected chi connectivity index (χ0v) is 12.2. The number of nitrogens with two attached hydrogens (primary N) is 1. The van der Waals surface area contributed by atoms with Crippen molar-refractivity contribution in [1.29, 1.82) is 5.41 Å². The molecule has 0 aliphatic rings. The van der Waals surface area contributed by atoms with E-state index in [-0.39, 0.29) is 12.3 Å². The first-order valence-electron chi connectivity index (χ1n) is 6.04. The Bertz CT molecular complexity index is 447. The summed E-state index contributed by atoms with van der Waals surface area (Å²) >= 11 is 0. The van der Waals surface area contributed by atoms with Gasteiger partial charge in [0, 0.05) is 18.4 Å². The van der Waals surface area contributed by atoms with Crippen LogP contribution in [0.15, 0.2) is 12.3 Å². The van der Waals surface area contributed by atoms with Crippen LogP contribution in [0.3, 0.4) is 0 Å². The lowest BCUT2D eigenvalue weighted by molar-refractivity contribution is -0.112. The van der Waals surface area contributed by atoms with E-state index in [0.29, 0.717) is 23.2 Å². The number of aliphatic hydroxyl groups is 1. The van der Waals surface area contributed by atoms with E-state index < -0.39 is 5.91 Å². The number of nitrogens with zero attached hydrogens (tertiary/aromatic N) is 1. The molecule has 0 radical (unpaired) electrons. The first kappa shape index (κ1) is 20.0. The van der Waals surface area contributed by atoms with E-state index in [1.807, 2.05) is 13.8 Å². The van der Waals surface area contributed by atoms with Crippen LogP contribution in [0.5, 0.6) is 0 Å². The SMILES string of the molecule is CC.CO.Cc1cc(C(=N)C(N)=O)c(NCC=O)cn1. The summed E-state index contributed by atoms with van der Waals surface area (Å²) in [6.45, 7) is 5.82. The molecule has 5 N–H and O–H groups in total. The molecule has 0 atom stereocenters. The highest BCUT2D eigenvalue weighted by atomic mass is 16.2. The molecule has 0 saturated carbocycles. The number of aliphatic hydroxyl groups excluding tert-OH is 1. The van der Waals surface area contributed by atoms with Crippen molar-refractivity contribution >= 4 is 23.6 Å². The Hall–Kier alpha value is -2.28. The van der Waals surface area contributed by atoms with Gasteiger partial charge in [-0.15, -0.1) is 0 Å². The highest BCUT2D eigenvalue weighted by Gasteiger charge is 2.13. The Morgan fingerprint density at radius 1 is 1.50 bits per heavy atom. The Labute approximate surface area is 118 Å². The maximum Gasteiger partial charge on any atom is 0.267 e. The standard InChI is InChI=1S/C10H12N4O2.C2H6.CH4O/c1-6-4-7(9(11)10(12)16)8(5-14-6)13-2-3-15;2*1-2/h3-5,11,13H,2H2,1H3,(H2,12,16);1-2H3;2H,1H3. The number of nitrogens with one attached hydrogen (secondary N) is 2. The Balaban J connectivity index is 0. The lowest BCUT2D eigenvalue weighted by atomic mass is 10.1. The van der Waals surface area contributed by atoms with E-state index >= 15 is 0 Å². The fourth-order valence-electron chi connectivity index (χ4n) is 1.19. The summed E-state index contributed by atoms with van der Waals surface area (Å²) in [6.07, 6.45) is 2.14. The van der Waals surface area contributed by atoms with Gasteiger partial charge in [-0.05, 0) is 13.0 Å². The maximum absolute atomic E-state index is 10.9. The number of pyridine rings is 1. The van der Waals surface area contributed by atoms with Crippen molar-refractivity contribution in [2.75, 3.05) is 19.0 Å². The minimum atomic E-state index is -0.820. The lowest BCUT2D eigenvalue weighted by Gasteiger charge is -2.09. The quantitative estimate of drug-likeness (QED) is 0.461. The summed E-state index contributed by atoms with van der Waals surface area (Å²) in [4.78, 5) is 25.2. The molecule has 1 rings (SSSR count). The van der Waals surface area contributed by atoms with Gasteiger partial charge in [0.2, 0.25) is 0 Å². The van der Waals surface area contributed by atoms with Crippen molar-refractivity contribution in [2.45, 2.75) is 20.8 Å². The second-order valence-corrected chi connectivity index (χ2v) is 3.16. The molecule has 1 aromatic heterocycles. The number of anilines is 1. The van der Waals surface area contributed by atoms with Crippen LogP contribution in [0.25, 0.3) is 0 Å². The molecule has 0 unspecified atom stereocenters. The first-order valence-corrected chi connectivity index (χ1v) is 6.04. The van der Waals surface area contributed by atoms with Crippen molar-refractivity contribution in [3.8, 4) is 0 Å². The topological polar surface area (TPSA) is 129 Å². The zero-order chi connectivity index (χ0) is 16.1. The summed E-state index contributed by atoms with van der Waals surface area (Å²) in [7, 11) is 1.00. The highest BCUT2D eigenvalue weighted by Crippen LogP contribution is 2.15. The molecule has 0 saturated heterocycles. The van der Waals surface area contributed by atoms with Crippen molar-refractivity contribution in [1.82, 2.24) is 4.98 Å². The predicted molar refractivity (Wildman–Crippen MR) is 79.0 cm³/mol. The third kappa shape index (κ3) is 6.60. The summed E-state index contributed by atoms with van der Waals surface area (Å²) in [5.74, 6) is -0.820. The van der Waals surface area contributed by atoms with Gasteiger partial charge in [-0.2, -0.15) is 0 Å². The molecule has 0 aromatic carbocycles. The molecule has 1 aromatic rings. The number of rotatable bonds is 5. The molecule has 0 fully saturated rings. The number of carbonyl (C=O) groups excluding carboxylic acids is 2. The van der Waals surface area contributed by atoms with Gasteiger partial charge in [0.15, 0.2) is 0 Å². The van der Waals surface area contributed by atoms with Gasteiger partial charge in [0.1, 0.15) is 12.0 Å². The number of aldehydes is 1.